The van der Waals surface area contributed by atoms with Gasteiger partial charge < -0.3 is 4.74 Å². The normalized spacial score (nSPS) is 10.5. The smallest absolute Gasteiger partial charge is 0.200 e. The van der Waals surface area contributed by atoms with Crippen molar-refractivity contribution in [3.8, 4) is 5.75 Å². The van der Waals surface area contributed by atoms with E-state index >= 15 is 0 Å². The molecule has 0 aromatic heterocycles. The molecule has 0 aliphatic rings. The first-order chi connectivity index (χ1) is 9.88. The molecule has 21 heavy (non-hydrogen) atoms. The molecule has 2 rings (SSSR count). The molecule has 0 amide bonds. The van der Waals surface area contributed by atoms with E-state index in [1.54, 1.807) is 0 Å². The van der Waals surface area contributed by atoms with Gasteiger partial charge in [0.05, 0.1) is 8.95 Å². The lowest BCUT2D eigenvalue weighted by Crippen LogP contribution is -2.13. The quantitative estimate of drug-likeness (QED) is 0.517. The van der Waals surface area contributed by atoms with Crippen LogP contribution in [0.1, 0.15) is 21.5 Å². The second-order valence-electron chi connectivity index (χ2n) is 4.73. The first kappa shape index (κ1) is 16.7. The van der Waals surface area contributed by atoms with E-state index in [1.807, 2.05) is 44.2 Å². The summed E-state index contributed by atoms with van der Waals surface area (Å²) in [6.07, 6.45) is 0. The van der Waals surface area contributed by atoms with Crippen LogP contribution in [0, 0.1) is 13.8 Å². The van der Waals surface area contributed by atoms with Crippen molar-refractivity contribution in [3.63, 3.8) is 0 Å². The number of Topliss-reactive ketones (excluding diaryl/α,β-unsaturated/α-hetero) is 1. The zero-order chi connectivity index (χ0) is 15.6. The molecule has 0 radical (unpaired) electrons. The summed E-state index contributed by atoms with van der Waals surface area (Å²) in [4.78, 5) is 12.3. The first-order valence-corrected chi connectivity index (χ1v) is 8.64. The van der Waals surface area contributed by atoms with Crippen LogP contribution in [0.3, 0.4) is 0 Å². The summed E-state index contributed by atoms with van der Waals surface area (Å²) in [6, 6.07) is 9.60. The highest BCUT2D eigenvalue weighted by Crippen LogP contribution is 2.36. The van der Waals surface area contributed by atoms with E-state index in [0.29, 0.717) is 11.3 Å². The number of ether oxygens (including phenoxy) is 1. The molecule has 0 atom stereocenters. The Morgan fingerprint density at radius 3 is 2.29 bits per heavy atom. The van der Waals surface area contributed by atoms with Gasteiger partial charge in [0.25, 0.3) is 0 Å². The second-order valence-corrected chi connectivity index (χ2v) is 7.35. The predicted octanol–water partition coefficient (Wildman–Crippen LogP) is 5.85. The second kappa shape index (κ2) is 7.07. The van der Waals surface area contributed by atoms with Crippen molar-refractivity contribution < 1.29 is 9.53 Å². The fourth-order valence-electron chi connectivity index (χ4n) is 1.92. The van der Waals surface area contributed by atoms with E-state index in [-0.39, 0.29) is 12.4 Å². The van der Waals surface area contributed by atoms with Gasteiger partial charge in [-0.15, -0.1) is 0 Å². The number of ketones is 1. The molecular weight excluding hydrogens is 464 g/mol. The highest BCUT2D eigenvalue weighted by Gasteiger charge is 2.13. The van der Waals surface area contributed by atoms with Gasteiger partial charge in [-0.3, -0.25) is 4.79 Å². The first-order valence-electron chi connectivity index (χ1n) is 6.26. The van der Waals surface area contributed by atoms with Crippen molar-refractivity contribution in [2.24, 2.45) is 0 Å². The van der Waals surface area contributed by atoms with Gasteiger partial charge in [0.1, 0.15) is 5.75 Å². The van der Waals surface area contributed by atoms with Crippen molar-refractivity contribution in [3.05, 3.63) is 60.4 Å². The van der Waals surface area contributed by atoms with Gasteiger partial charge in [-0.25, -0.2) is 0 Å². The average Bonchev–Trinajstić information content (AvgIpc) is 2.40. The Morgan fingerprint density at radius 1 is 1.05 bits per heavy atom. The molecule has 0 bridgehead atoms. The van der Waals surface area contributed by atoms with E-state index < -0.39 is 0 Å². The SMILES string of the molecule is Cc1ccc(C)c(C(=O)COc2c(Br)cc(Br)cc2Br)c1. The standard InChI is InChI=1S/C16H13Br3O2/c1-9-3-4-10(2)12(5-9)15(20)8-21-16-13(18)6-11(17)7-14(16)19/h3-7H,8H2,1-2H3. The molecule has 2 nitrogen and oxygen atoms in total. The van der Waals surface area contributed by atoms with E-state index in [9.17, 15) is 4.79 Å². The maximum Gasteiger partial charge on any atom is 0.200 e. The highest BCUT2D eigenvalue weighted by atomic mass is 79.9. The minimum Gasteiger partial charge on any atom is -0.483 e. The highest BCUT2D eigenvalue weighted by molar-refractivity contribution is 9.11. The van der Waals surface area contributed by atoms with Gasteiger partial charge in [-0.1, -0.05) is 33.6 Å². The molecule has 2 aromatic rings. The van der Waals surface area contributed by atoms with Gasteiger partial charge >= 0.3 is 0 Å². The van der Waals surface area contributed by atoms with Gasteiger partial charge in [-0.2, -0.15) is 0 Å². The van der Waals surface area contributed by atoms with Crippen LogP contribution in [-0.2, 0) is 0 Å². The number of rotatable bonds is 4. The molecule has 0 saturated carbocycles. The van der Waals surface area contributed by atoms with Gasteiger partial charge in [-0.05, 0) is 69.5 Å². The van der Waals surface area contributed by atoms with Crippen molar-refractivity contribution in [2.45, 2.75) is 13.8 Å². The van der Waals surface area contributed by atoms with Gasteiger partial charge in [0, 0.05) is 10.0 Å². The topological polar surface area (TPSA) is 26.3 Å². The Morgan fingerprint density at radius 2 is 1.67 bits per heavy atom. The van der Waals surface area contributed by atoms with Gasteiger partial charge in [0.2, 0.25) is 0 Å². The molecule has 0 unspecified atom stereocenters. The third-order valence-corrected chi connectivity index (χ3v) is 4.64. The molecule has 0 aliphatic heterocycles. The Kier molecular flexibility index (Phi) is 5.63. The maximum absolute atomic E-state index is 12.3. The summed E-state index contributed by atoms with van der Waals surface area (Å²) in [5, 5.41) is 0. The summed E-state index contributed by atoms with van der Waals surface area (Å²) >= 11 is 10.3. The zero-order valence-corrected chi connectivity index (χ0v) is 16.3. The Hall–Kier alpha value is -0.650. The van der Waals surface area contributed by atoms with Crippen LogP contribution in [0.15, 0.2) is 43.7 Å². The molecule has 0 fully saturated rings. The van der Waals surface area contributed by atoms with E-state index in [1.165, 1.54) is 0 Å². The van der Waals surface area contributed by atoms with Crippen LogP contribution >= 0.6 is 47.8 Å². The minimum absolute atomic E-state index is 0.00310. The molecular formula is C16H13Br3O2. The van der Waals surface area contributed by atoms with Crippen molar-refractivity contribution in [2.75, 3.05) is 6.61 Å². The number of carbonyl (C=O) groups excluding carboxylic acids is 1. The fourth-order valence-corrected chi connectivity index (χ4v) is 4.41. The zero-order valence-electron chi connectivity index (χ0n) is 11.5. The van der Waals surface area contributed by atoms with Crippen LogP contribution < -0.4 is 4.74 Å². The lowest BCUT2D eigenvalue weighted by Gasteiger charge is -2.11. The third kappa shape index (κ3) is 4.18. The van der Waals surface area contributed by atoms with Crippen LogP contribution in [0.2, 0.25) is 0 Å². The Bertz CT molecular complexity index is 673. The maximum atomic E-state index is 12.3. The average molecular weight is 477 g/mol. The largest absolute Gasteiger partial charge is 0.483 e. The minimum atomic E-state index is -0.0297. The third-order valence-electron chi connectivity index (χ3n) is 3.00. The monoisotopic (exact) mass is 474 g/mol. The number of hydrogen-bond donors (Lipinski definition) is 0. The number of benzene rings is 2. The van der Waals surface area contributed by atoms with Crippen LogP contribution in [0.5, 0.6) is 5.75 Å². The summed E-state index contributed by atoms with van der Waals surface area (Å²) in [5.41, 5.74) is 2.73. The molecule has 0 saturated heterocycles. The predicted molar refractivity (Wildman–Crippen MR) is 95.3 cm³/mol. The van der Waals surface area contributed by atoms with Crippen LogP contribution in [-0.4, -0.2) is 12.4 Å². The molecule has 0 heterocycles. The lowest BCUT2D eigenvalue weighted by atomic mass is 10.0. The summed E-state index contributed by atoms with van der Waals surface area (Å²) < 4.78 is 8.17. The molecule has 0 N–H and O–H groups in total. The summed E-state index contributed by atoms with van der Waals surface area (Å²) in [5.74, 6) is 0.592. The Labute approximate surface area is 149 Å². The van der Waals surface area contributed by atoms with E-state index in [0.717, 1.165) is 24.5 Å². The molecule has 5 heteroatoms. The van der Waals surface area contributed by atoms with Crippen LogP contribution in [0.25, 0.3) is 0 Å². The van der Waals surface area contributed by atoms with E-state index in [4.69, 9.17) is 4.74 Å². The van der Waals surface area contributed by atoms with E-state index in [2.05, 4.69) is 47.8 Å². The summed E-state index contributed by atoms with van der Waals surface area (Å²) in [7, 11) is 0. The molecule has 2 aromatic carbocycles. The number of aryl methyl sites for hydroxylation is 2. The fraction of sp³-hybridized carbons (Fsp3) is 0.188. The lowest BCUT2D eigenvalue weighted by molar-refractivity contribution is 0.0919. The molecule has 0 spiro atoms. The summed E-state index contributed by atoms with van der Waals surface area (Å²) in [6.45, 7) is 3.90. The number of carbonyl (C=O) groups is 1. The molecule has 110 valence electrons. The van der Waals surface area contributed by atoms with Gasteiger partial charge in [0.15, 0.2) is 12.4 Å². The molecule has 0 aliphatic carbocycles. The number of halogens is 3. The van der Waals surface area contributed by atoms with Crippen molar-refractivity contribution in [1.82, 2.24) is 0 Å². The van der Waals surface area contributed by atoms with Crippen molar-refractivity contribution in [1.29, 1.82) is 0 Å². The van der Waals surface area contributed by atoms with Crippen LogP contribution in [0.4, 0.5) is 0 Å². The number of hydrogen-bond acceptors (Lipinski definition) is 2. The van der Waals surface area contributed by atoms with Crippen molar-refractivity contribution >= 4 is 53.6 Å². The Balaban J connectivity index is 2.17.